The predicted octanol–water partition coefficient (Wildman–Crippen LogP) is 3.16. The summed E-state index contributed by atoms with van der Waals surface area (Å²) in [5, 5.41) is 8.84. The second-order valence-electron chi connectivity index (χ2n) is 7.74. The maximum atomic E-state index is 12.7. The van der Waals surface area contributed by atoms with Crippen molar-refractivity contribution in [3.63, 3.8) is 0 Å². The van der Waals surface area contributed by atoms with Crippen LogP contribution in [0.3, 0.4) is 0 Å². The lowest BCUT2D eigenvalue weighted by molar-refractivity contribution is -0.136. The van der Waals surface area contributed by atoms with E-state index in [4.69, 9.17) is 10.00 Å². The van der Waals surface area contributed by atoms with Gasteiger partial charge in [-0.3, -0.25) is 4.79 Å². The number of hydrogen-bond donors (Lipinski definition) is 0. The molecular weight excluding hydrogens is 330 g/mol. The summed E-state index contributed by atoms with van der Waals surface area (Å²) < 4.78 is 5.39. The van der Waals surface area contributed by atoms with E-state index in [2.05, 4.69) is 6.07 Å². The average Bonchev–Trinajstić information content (AvgIpc) is 2.60. The Hall–Kier alpha value is -2.55. The number of piperidine rings is 1. The van der Waals surface area contributed by atoms with E-state index in [0.717, 1.165) is 5.56 Å². The van der Waals surface area contributed by atoms with Crippen LogP contribution in [0.5, 0.6) is 0 Å². The van der Waals surface area contributed by atoms with Crippen LogP contribution in [0.4, 0.5) is 4.79 Å². The van der Waals surface area contributed by atoms with Gasteiger partial charge in [0.15, 0.2) is 0 Å². The second kappa shape index (κ2) is 8.22. The van der Waals surface area contributed by atoms with Gasteiger partial charge in [0.1, 0.15) is 5.60 Å². The highest BCUT2D eigenvalue weighted by molar-refractivity contribution is 5.79. The molecule has 26 heavy (non-hydrogen) atoms. The normalized spacial score (nSPS) is 15.3. The number of ether oxygens (including phenoxy) is 1. The molecule has 1 aromatic carbocycles. The molecule has 0 atom stereocenters. The predicted molar refractivity (Wildman–Crippen MR) is 98.2 cm³/mol. The monoisotopic (exact) mass is 357 g/mol. The molecule has 0 saturated carbocycles. The zero-order valence-corrected chi connectivity index (χ0v) is 16.0. The lowest BCUT2D eigenvalue weighted by Gasteiger charge is -2.34. The number of carbonyl (C=O) groups excluding carboxylic acids is 2. The number of nitriles is 1. The molecule has 0 aromatic heterocycles. The number of amides is 2. The smallest absolute Gasteiger partial charge is 0.410 e. The molecule has 0 radical (unpaired) electrons. The van der Waals surface area contributed by atoms with Crippen LogP contribution in [0.15, 0.2) is 24.3 Å². The molecule has 0 spiro atoms. The topological polar surface area (TPSA) is 73.6 Å². The van der Waals surface area contributed by atoms with Crippen LogP contribution in [-0.2, 0) is 16.1 Å². The lowest BCUT2D eigenvalue weighted by atomic mass is 9.95. The molecule has 0 aliphatic carbocycles. The van der Waals surface area contributed by atoms with Crippen LogP contribution >= 0.6 is 0 Å². The minimum atomic E-state index is -0.509. The molecule has 6 nitrogen and oxygen atoms in total. The van der Waals surface area contributed by atoms with E-state index < -0.39 is 5.60 Å². The highest BCUT2D eigenvalue weighted by Gasteiger charge is 2.31. The molecule has 140 valence electrons. The van der Waals surface area contributed by atoms with E-state index in [1.165, 1.54) is 0 Å². The fourth-order valence-corrected chi connectivity index (χ4v) is 2.98. The number of rotatable bonds is 3. The van der Waals surface area contributed by atoms with Gasteiger partial charge in [-0.15, -0.1) is 0 Å². The second-order valence-corrected chi connectivity index (χ2v) is 7.74. The molecule has 1 heterocycles. The Kier molecular flexibility index (Phi) is 6.25. The third kappa shape index (κ3) is 5.48. The van der Waals surface area contributed by atoms with Gasteiger partial charge in [0.05, 0.1) is 11.6 Å². The van der Waals surface area contributed by atoms with Gasteiger partial charge in [0.2, 0.25) is 5.91 Å². The van der Waals surface area contributed by atoms with Crippen LogP contribution < -0.4 is 0 Å². The standard InChI is InChI=1S/C20H27N3O3/c1-20(2,3)26-19(25)23-11-9-17(10-12-23)18(24)22(4)14-16-7-5-15(13-21)6-8-16/h5-8,17H,9-12,14H2,1-4H3. The number of carbonyl (C=O) groups is 2. The quantitative estimate of drug-likeness (QED) is 0.833. The molecule has 1 aromatic rings. The van der Waals surface area contributed by atoms with Crippen molar-refractivity contribution < 1.29 is 14.3 Å². The Morgan fingerprint density at radius 1 is 1.23 bits per heavy atom. The van der Waals surface area contributed by atoms with E-state index in [1.54, 1.807) is 29.0 Å². The van der Waals surface area contributed by atoms with Crippen molar-refractivity contribution in [2.75, 3.05) is 20.1 Å². The summed E-state index contributed by atoms with van der Waals surface area (Å²) in [6.45, 7) is 7.13. The average molecular weight is 357 g/mol. The van der Waals surface area contributed by atoms with Crippen LogP contribution in [0.2, 0.25) is 0 Å². The summed E-state index contributed by atoms with van der Waals surface area (Å²) in [4.78, 5) is 28.2. The summed E-state index contributed by atoms with van der Waals surface area (Å²) in [6, 6.07) is 9.34. The van der Waals surface area contributed by atoms with Gasteiger partial charge in [-0.2, -0.15) is 5.26 Å². The summed E-state index contributed by atoms with van der Waals surface area (Å²) in [5.74, 6) is 0.0234. The molecule has 1 aliphatic heterocycles. The third-order valence-corrected chi connectivity index (χ3v) is 4.37. The fraction of sp³-hybridized carbons (Fsp3) is 0.550. The summed E-state index contributed by atoms with van der Waals surface area (Å²) in [5.41, 5.74) is 1.09. The third-order valence-electron chi connectivity index (χ3n) is 4.37. The molecular formula is C20H27N3O3. The van der Waals surface area contributed by atoms with Gasteiger partial charge in [-0.05, 0) is 51.3 Å². The number of likely N-dealkylation sites (tertiary alicyclic amines) is 1. The largest absolute Gasteiger partial charge is 0.444 e. The zero-order chi connectivity index (χ0) is 19.3. The molecule has 1 saturated heterocycles. The van der Waals surface area contributed by atoms with Crippen molar-refractivity contribution in [2.45, 2.75) is 45.8 Å². The van der Waals surface area contributed by atoms with E-state index in [1.807, 2.05) is 32.9 Å². The van der Waals surface area contributed by atoms with Gasteiger partial charge in [-0.1, -0.05) is 12.1 Å². The minimum Gasteiger partial charge on any atom is -0.444 e. The van der Waals surface area contributed by atoms with E-state index in [0.29, 0.717) is 38.0 Å². The summed E-state index contributed by atoms with van der Waals surface area (Å²) in [7, 11) is 1.79. The van der Waals surface area contributed by atoms with Crippen LogP contribution in [0, 0.1) is 17.2 Å². The maximum absolute atomic E-state index is 12.7. The first kappa shape index (κ1) is 19.8. The SMILES string of the molecule is CN(Cc1ccc(C#N)cc1)C(=O)C1CCN(C(=O)OC(C)(C)C)CC1. The number of benzene rings is 1. The molecule has 0 unspecified atom stereocenters. The Balaban J connectivity index is 1.85. The van der Waals surface area contributed by atoms with Crippen molar-refractivity contribution in [1.82, 2.24) is 9.80 Å². The summed E-state index contributed by atoms with van der Waals surface area (Å²) in [6.07, 6.45) is 0.986. The number of hydrogen-bond acceptors (Lipinski definition) is 4. The van der Waals surface area contributed by atoms with Crippen LogP contribution in [0.1, 0.15) is 44.7 Å². The van der Waals surface area contributed by atoms with Gasteiger partial charge < -0.3 is 14.5 Å². The van der Waals surface area contributed by atoms with Crippen LogP contribution in [-0.4, -0.2) is 47.5 Å². The molecule has 0 N–H and O–H groups in total. The zero-order valence-electron chi connectivity index (χ0n) is 16.0. The minimum absolute atomic E-state index is 0.0722. The van der Waals surface area contributed by atoms with Gasteiger partial charge >= 0.3 is 6.09 Å². The molecule has 2 rings (SSSR count). The van der Waals surface area contributed by atoms with Crippen molar-refractivity contribution in [3.8, 4) is 6.07 Å². The maximum Gasteiger partial charge on any atom is 0.410 e. The first-order valence-corrected chi connectivity index (χ1v) is 8.91. The van der Waals surface area contributed by atoms with Crippen LogP contribution in [0.25, 0.3) is 0 Å². The first-order chi connectivity index (χ1) is 12.2. The van der Waals surface area contributed by atoms with E-state index in [9.17, 15) is 9.59 Å². The highest BCUT2D eigenvalue weighted by Crippen LogP contribution is 2.22. The van der Waals surface area contributed by atoms with Crippen molar-refractivity contribution in [1.29, 1.82) is 5.26 Å². The molecule has 0 bridgehead atoms. The molecule has 1 aliphatic rings. The fourth-order valence-electron chi connectivity index (χ4n) is 2.98. The van der Waals surface area contributed by atoms with Gasteiger partial charge in [0.25, 0.3) is 0 Å². The van der Waals surface area contributed by atoms with E-state index in [-0.39, 0.29) is 17.9 Å². The first-order valence-electron chi connectivity index (χ1n) is 8.91. The lowest BCUT2D eigenvalue weighted by Crippen LogP contribution is -2.45. The molecule has 6 heteroatoms. The van der Waals surface area contributed by atoms with Gasteiger partial charge in [-0.25, -0.2) is 4.79 Å². The molecule has 2 amide bonds. The number of nitrogens with zero attached hydrogens (tertiary/aromatic N) is 3. The van der Waals surface area contributed by atoms with Crippen molar-refractivity contribution in [3.05, 3.63) is 35.4 Å². The van der Waals surface area contributed by atoms with Crippen molar-refractivity contribution >= 4 is 12.0 Å². The van der Waals surface area contributed by atoms with E-state index >= 15 is 0 Å². The Bertz CT molecular complexity index is 678. The van der Waals surface area contributed by atoms with Gasteiger partial charge in [0, 0.05) is 32.6 Å². The Morgan fingerprint density at radius 3 is 2.31 bits per heavy atom. The highest BCUT2D eigenvalue weighted by atomic mass is 16.6. The Morgan fingerprint density at radius 2 is 1.81 bits per heavy atom. The Labute approximate surface area is 155 Å². The molecule has 1 fully saturated rings. The summed E-state index contributed by atoms with van der Waals surface area (Å²) >= 11 is 0. The van der Waals surface area contributed by atoms with Crippen molar-refractivity contribution in [2.24, 2.45) is 5.92 Å².